The molecule has 0 amide bonds. The van der Waals surface area contributed by atoms with E-state index in [1.54, 1.807) is 7.05 Å². The van der Waals surface area contributed by atoms with E-state index in [2.05, 4.69) is 14.8 Å². The first-order valence-electron chi connectivity index (χ1n) is 5.46. The summed E-state index contributed by atoms with van der Waals surface area (Å²) in [6.45, 7) is 1.16. The molecule has 0 saturated carbocycles. The molecule has 104 valence electrons. The average Bonchev–Trinajstić information content (AvgIpc) is 2.93. The van der Waals surface area contributed by atoms with Crippen LogP contribution in [-0.4, -0.2) is 28.3 Å². The van der Waals surface area contributed by atoms with Gasteiger partial charge in [-0.25, -0.2) is 18.1 Å². The second kappa shape index (κ2) is 5.11. The predicted octanol–water partition coefficient (Wildman–Crippen LogP) is -0.313. The van der Waals surface area contributed by atoms with Crippen LogP contribution in [0.4, 0.5) is 0 Å². The summed E-state index contributed by atoms with van der Waals surface area (Å²) < 4.78 is 33.1. The molecule has 2 aromatic rings. The number of aromatic nitrogens is 3. The number of furan rings is 1. The van der Waals surface area contributed by atoms with Crippen LogP contribution in [0.1, 0.15) is 17.3 Å². The number of hydrogen-bond acceptors (Lipinski definition) is 6. The quantitative estimate of drug-likeness (QED) is 0.780. The molecule has 0 saturated heterocycles. The molecule has 0 aliphatic carbocycles. The average molecular weight is 286 g/mol. The molecule has 0 aromatic carbocycles. The lowest BCUT2D eigenvalue weighted by Gasteiger charge is -2.02. The number of aliphatic hydroxyl groups excluding tert-OH is 1. The fourth-order valence-corrected chi connectivity index (χ4v) is 2.75. The highest BCUT2D eigenvalue weighted by molar-refractivity contribution is 7.89. The number of hydrogen-bond donors (Lipinski definition) is 2. The van der Waals surface area contributed by atoms with Gasteiger partial charge < -0.3 is 9.52 Å². The van der Waals surface area contributed by atoms with Crippen LogP contribution < -0.4 is 4.72 Å². The molecule has 0 aliphatic rings. The summed E-state index contributed by atoms with van der Waals surface area (Å²) in [6, 6.07) is 1.30. The van der Waals surface area contributed by atoms with Crippen LogP contribution >= 0.6 is 0 Å². The van der Waals surface area contributed by atoms with Crippen molar-refractivity contribution in [3.63, 3.8) is 0 Å². The van der Waals surface area contributed by atoms with Crippen LogP contribution in [0, 0.1) is 6.92 Å². The molecule has 0 atom stereocenters. The Labute approximate surface area is 110 Å². The van der Waals surface area contributed by atoms with Gasteiger partial charge in [0.1, 0.15) is 29.4 Å². The van der Waals surface area contributed by atoms with E-state index in [1.807, 2.05) is 0 Å². The molecule has 0 aliphatic heterocycles. The Bertz CT molecular complexity index is 674. The van der Waals surface area contributed by atoms with Crippen molar-refractivity contribution in [3.8, 4) is 0 Å². The van der Waals surface area contributed by atoms with Crippen LogP contribution in [0.25, 0.3) is 0 Å². The molecule has 2 N–H and O–H groups in total. The second-order valence-corrected chi connectivity index (χ2v) is 5.69. The van der Waals surface area contributed by atoms with Crippen molar-refractivity contribution in [3.05, 3.63) is 29.7 Å². The minimum absolute atomic E-state index is 0.00693. The molecule has 2 rings (SSSR count). The van der Waals surface area contributed by atoms with E-state index in [9.17, 15) is 8.42 Å². The predicted molar refractivity (Wildman–Crippen MR) is 64.4 cm³/mol. The zero-order valence-electron chi connectivity index (χ0n) is 10.5. The van der Waals surface area contributed by atoms with Gasteiger partial charge in [-0.15, -0.1) is 0 Å². The summed E-state index contributed by atoms with van der Waals surface area (Å²) in [5.74, 6) is 0.800. The van der Waals surface area contributed by atoms with Gasteiger partial charge in [-0.05, 0) is 6.92 Å². The van der Waals surface area contributed by atoms with Crippen LogP contribution in [-0.2, 0) is 30.2 Å². The first kappa shape index (κ1) is 13.7. The molecule has 0 radical (unpaired) electrons. The molecule has 9 heteroatoms. The van der Waals surface area contributed by atoms with E-state index in [1.165, 1.54) is 24.0 Å². The Morgan fingerprint density at radius 2 is 2.26 bits per heavy atom. The van der Waals surface area contributed by atoms with Crippen LogP contribution in [0.3, 0.4) is 0 Å². The number of aliphatic hydroxyl groups is 1. The van der Waals surface area contributed by atoms with Crippen LogP contribution in [0.2, 0.25) is 0 Å². The summed E-state index contributed by atoms with van der Waals surface area (Å²) >= 11 is 0. The number of aryl methyl sites for hydroxylation is 2. The highest BCUT2D eigenvalue weighted by Crippen LogP contribution is 2.19. The molecule has 0 bridgehead atoms. The fourth-order valence-electron chi connectivity index (χ4n) is 1.57. The zero-order valence-corrected chi connectivity index (χ0v) is 11.3. The van der Waals surface area contributed by atoms with Crippen molar-refractivity contribution < 1.29 is 17.9 Å². The molecule has 0 spiro atoms. The number of nitrogens with one attached hydrogen (secondary N) is 1. The first-order valence-corrected chi connectivity index (χ1v) is 6.95. The van der Waals surface area contributed by atoms with Crippen molar-refractivity contribution >= 4 is 10.0 Å². The van der Waals surface area contributed by atoms with Gasteiger partial charge in [0.25, 0.3) is 0 Å². The van der Waals surface area contributed by atoms with Gasteiger partial charge in [-0.1, -0.05) is 0 Å². The van der Waals surface area contributed by atoms with E-state index < -0.39 is 10.0 Å². The smallest absolute Gasteiger partial charge is 0.244 e. The lowest BCUT2D eigenvalue weighted by atomic mass is 10.4. The lowest BCUT2D eigenvalue weighted by molar-refractivity contribution is 0.244. The van der Waals surface area contributed by atoms with E-state index >= 15 is 0 Å². The van der Waals surface area contributed by atoms with Crippen LogP contribution in [0.5, 0.6) is 0 Å². The van der Waals surface area contributed by atoms with Crippen molar-refractivity contribution in [1.29, 1.82) is 0 Å². The van der Waals surface area contributed by atoms with Gasteiger partial charge in [-0.2, -0.15) is 5.10 Å². The monoisotopic (exact) mass is 286 g/mol. The largest absolute Gasteiger partial charge is 0.462 e. The minimum atomic E-state index is -3.71. The van der Waals surface area contributed by atoms with Crippen molar-refractivity contribution in [2.45, 2.75) is 25.0 Å². The third kappa shape index (κ3) is 3.00. The van der Waals surface area contributed by atoms with Crippen molar-refractivity contribution in [2.75, 3.05) is 0 Å². The van der Waals surface area contributed by atoms with Gasteiger partial charge in [0.15, 0.2) is 5.82 Å². The summed E-state index contributed by atoms with van der Waals surface area (Å²) in [4.78, 5) is 3.92. The molecule has 0 unspecified atom stereocenters. The van der Waals surface area contributed by atoms with E-state index in [0.29, 0.717) is 5.82 Å². The Hall–Kier alpha value is -1.71. The van der Waals surface area contributed by atoms with E-state index in [4.69, 9.17) is 9.52 Å². The van der Waals surface area contributed by atoms with Gasteiger partial charge in [-0.3, -0.25) is 4.68 Å². The third-order valence-corrected chi connectivity index (χ3v) is 3.94. The summed E-state index contributed by atoms with van der Waals surface area (Å²) in [7, 11) is -2.02. The highest BCUT2D eigenvalue weighted by Gasteiger charge is 2.21. The zero-order chi connectivity index (χ0) is 14.0. The number of nitrogens with zero attached hydrogens (tertiary/aromatic N) is 3. The number of rotatable bonds is 5. The van der Waals surface area contributed by atoms with Crippen molar-refractivity contribution in [1.82, 2.24) is 19.5 Å². The first-order chi connectivity index (χ1) is 8.92. The molecule has 2 aromatic heterocycles. The minimum Gasteiger partial charge on any atom is -0.462 e. The fraction of sp³-hybridized carbons (Fsp3) is 0.400. The van der Waals surface area contributed by atoms with Crippen molar-refractivity contribution in [2.24, 2.45) is 7.05 Å². The Kier molecular flexibility index (Phi) is 3.69. The molecule has 19 heavy (non-hydrogen) atoms. The topological polar surface area (TPSA) is 110 Å². The third-order valence-electron chi connectivity index (χ3n) is 2.44. The summed E-state index contributed by atoms with van der Waals surface area (Å²) in [5, 5.41) is 12.9. The number of sulfonamides is 1. The molecule has 2 heterocycles. The second-order valence-electron chi connectivity index (χ2n) is 3.95. The summed E-state index contributed by atoms with van der Waals surface area (Å²) in [6.07, 6.45) is 1.48. The Balaban J connectivity index is 2.15. The highest BCUT2D eigenvalue weighted by atomic mass is 32.2. The Morgan fingerprint density at radius 1 is 1.53 bits per heavy atom. The molecule has 0 fully saturated rings. The van der Waals surface area contributed by atoms with Gasteiger partial charge >= 0.3 is 0 Å². The maximum absolute atomic E-state index is 12.0. The van der Waals surface area contributed by atoms with Gasteiger partial charge in [0.2, 0.25) is 10.0 Å². The lowest BCUT2D eigenvalue weighted by Crippen LogP contribution is -2.24. The standard InChI is InChI=1S/C10H14N4O4S/c1-7-9(3-8(5-15)18-7)19(16,17)12-4-10-11-6-14(2)13-10/h3,6,12,15H,4-5H2,1-2H3. The van der Waals surface area contributed by atoms with Gasteiger partial charge in [0, 0.05) is 13.1 Å². The van der Waals surface area contributed by atoms with Crippen LogP contribution in [0.15, 0.2) is 21.7 Å². The SMILES string of the molecule is Cc1oc(CO)cc1S(=O)(=O)NCc1ncn(C)n1. The molecule has 8 nitrogen and oxygen atoms in total. The summed E-state index contributed by atoms with van der Waals surface area (Å²) in [5.41, 5.74) is 0. The molecular weight excluding hydrogens is 272 g/mol. The van der Waals surface area contributed by atoms with E-state index in [0.717, 1.165) is 0 Å². The van der Waals surface area contributed by atoms with Gasteiger partial charge in [0.05, 0.1) is 6.54 Å². The van der Waals surface area contributed by atoms with E-state index in [-0.39, 0.29) is 29.6 Å². The maximum Gasteiger partial charge on any atom is 0.244 e. The normalized spacial score (nSPS) is 11.9. The molecular formula is C10H14N4O4S. The maximum atomic E-state index is 12.0. The Morgan fingerprint density at radius 3 is 2.79 bits per heavy atom.